The maximum absolute atomic E-state index is 7.45. The van der Waals surface area contributed by atoms with Crippen LogP contribution in [-0.4, -0.2) is 12.0 Å². The Morgan fingerprint density at radius 1 is 0.385 bits per heavy atom. The van der Waals surface area contributed by atoms with Crippen LogP contribution in [0.25, 0.3) is 22.3 Å². The van der Waals surface area contributed by atoms with Gasteiger partial charge in [-0.15, -0.1) is 0 Å². The van der Waals surface area contributed by atoms with Gasteiger partial charge in [0, 0.05) is 50.2 Å². The fourth-order valence-corrected chi connectivity index (χ4v) is 13.1. The second-order valence-corrected chi connectivity index (χ2v) is 19.6. The lowest BCUT2D eigenvalue weighted by Gasteiger charge is -2.39. The average molecular weight is 871 g/mol. The van der Waals surface area contributed by atoms with E-state index < -0.39 is 0 Å². The van der Waals surface area contributed by atoms with Crippen molar-refractivity contribution in [1.29, 1.82) is 0 Å². The molecule has 9 aromatic carbocycles. The lowest BCUT2D eigenvalue weighted by Crippen LogP contribution is -2.52. The molecule has 0 bridgehead atoms. The highest BCUT2D eigenvalue weighted by Gasteiger charge is 2.46. The van der Waals surface area contributed by atoms with E-state index in [1.165, 1.54) is 53.9 Å². The zero-order valence-corrected chi connectivity index (χ0v) is 37.4. The number of hydrogen-bond donors (Lipinski definition) is 0. The van der Waals surface area contributed by atoms with Crippen molar-refractivity contribution in [1.82, 2.24) is 0 Å². The van der Waals surface area contributed by atoms with Crippen molar-refractivity contribution in [3.63, 3.8) is 0 Å². The van der Waals surface area contributed by atoms with Crippen LogP contribution in [-0.2, 0) is 0 Å². The highest BCUT2D eigenvalue weighted by atomic mass is 32.2. The van der Waals surface area contributed by atoms with Gasteiger partial charge in [0.2, 0.25) is 0 Å². The first-order valence-electron chi connectivity index (χ1n) is 22.3. The van der Waals surface area contributed by atoms with Gasteiger partial charge in [-0.1, -0.05) is 129 Å². The molecule has 308 valence electrons. The fraction of sp³-hybridized carbons (Fsp3) is 0.0526. The van der Waals surface area contributed by atoms with Crippen LogP contribution in [0.1, 0.15) is 25.3 Å². The Kier molecular flexibility index (Phi) is 9.07. The maximum atomic E-state index is 7.45. The predicted molar refractivity (Wildman–Crippen MR) is 276 cm³/mol. The smallest absolute Gasteiger partial charge is 0.289 e. The van der Waals surface area contributed by atoms with Crippen molar-refractivity contribution in [2.24, 2.45) is 0 Å². The van der Waals surface area contributed by atoms with E-state index in [1.807, 2.05) is 23.2 Å². The molecule has 65 heavy (non-hydrogen) atoms. The largest absolute Gasteiger partial charge is 0.458 e. The van der Waals surface area contributed by atoms with E-state index in [9.17, 15) is 0 Å². The molecule has 4 aliphatic heterocycles. The van der Waals surface area contributed by atoms with Crippen LogP contribution in [0.5, 0.6) is 23.0 Å². The Bertz CT molecular complexity index is 3040. The molecule has 0 unspecified atom stereocenters. The summed E-state index contributed by atoms with van der Waals surface area (Å²) in [5.74, 6) is 3.74. The molecule has 13 rings (SSSR count). The quantitative estimate of drug-likeness (QED) is 0.148. The fourth-order valence-electron chi connectivity index (χ4n) is 10.3. The standard InChI is InChI=1S/C57H40B2N2O2S2/c1-36(2)53-56-47(58-54-45(43-27-15-17-29-51(43)64-58)31-41(33-49(54)62-56)60(37-19-7-3-8-20-37)38-21-9-4-10-22-38)35-48-57(53)63-50-34-42(32-46-44-28-16-18-30-52(44)65-59(48)55(46)50)61(39-23-11-5-12-24-39)40-25-13-6-14-26-40/h3-36H,1-2H3. The molecule has 0 saturated heterocycles. The predicted octanol–water partition coefficient (Wildman–Crippen LogP) is 13.7. The molecule has 9 aromatic rings. The Hall–Kier alpha value is -6.99. The highest BCUT2D eigenvalue weighted by molar-refractivity contribution is 8.29. The third kappa shape index (κ3) is 6.19. The first-order chi connectivity index (χ1) is 32.1. The molecule has 4 nitrogen and oxygen atoms in total. The lowest BCUT2D eigenvalue weighted by atomic mass is 9.52. The number of hydrogen-bond acceptors (Lipinski definition) is 6. The number of rotatable bonds is 7. The summed E-state index contributed by atoms with van der Waals surface area (Å²) in [7, 11) is 0. The van der Waals surface area contributed by atoms with Crippen LogP contribution in [0.3, 0.4) is 0 Å². The monoisotopic (exact) mass is 870 g/mol. The first kappa shape index (κ1) is 38.5. The van der Waals surface area contributed by atoms with Gasteiger partial charge < -0.3 is 19.3 Å². The Balaban J connectivity index is 1.02. The lowest BCUT2D eigenvalue weighted by molar-refractivity contribution is 0.450. The Morgan fingerprint density at radius 2 is 0.738 bits per heavy atom. The van der Waals surface area contributed by atoms with Crippen molar-refractivity contribution in [2.45, 2.75) is 29.6 Å². The molecule has 0 saturated carbocycles. The summed E-state index contributed by atoms with van der Waals surface area (Å²) in [6.07, 6.45) is 0. The van der Waals surface area contributed by atoms with E-state index in [4.69, 9.17) is 9.47 Å². The van der Waals surface area contributed by atoms with E-state index in [2.05, 4.69) is 224 Å². The van der Waals surface area contributed by atoms with E-state index in [-0.39, 0.29) is 17.9 Å². The normalized spacial score (nSPS) is 13.3. The van der Waals surface area contributed by atoms with Crippen LogP contribution < -0.4 is 41.1 Å². The van der Waals surface area contributed by atoms with Crippen molar-refractivity contribution >= 4 is 91.2 Å². The molecule has 4 aliphatic rings. The summed E-state index contributed by atoms with van der Waals surface area (Å²) in [6, 6.07) is 72.0. The minimum absolute atomic E-state index is 0.0202. The van der Waals surface area contributed by atoms with Gasteiger partial charge >= 0.3 is 0 Å². The van der Waals surface area contributed by atoms with Crippen LogP contribution in [0.2, 0.25) is 0 Å². The van der Waals surface area contributed by atoms with Gasteiger partial charge in [0.1, 0.15) is 23.0 Å². The van der Waals surface area contributed by atoms with Gasteiger partial charge in [0.25, 0.3) is 12.0 Å². The molecule has 0 N–H and O–H groups in total. The van der Waals surface area contributed by atoms with Crippen molar-refractivity contribution in [2.75, 3.05) is 9.80 Å². The minimum Gasteiger partial charge on any atom is -0.458 e. The molecule has 0 radical (unpaired) electrons. The molecular weight excluding hydrogens is 830 g/mol. The summed E-state index contributed by atoms with van der Waals surface area (Å²) >= 11 is 3.88. The van der Waals surface area contributed by atoms with Crippen molar-refractivity contribution < 1.29 is 9.47 Å². The van der Waals surface area contributed by atoms with E-state index in [0.717, 1.165) is 62.7 Å². The van der Waals surface area contributed by atoms with Gasteiger partial charge in [0.05, 0.1) is 11.4 Å². The molecule has 0 atom stereocenters. The molecule has 8 heteroatoms. The third-order valence-electron chi connectivity index (χ3n) is 13.1. The summed E-state index contributed by atoms with van der Waals surface area (Å²) in [5.41, 5.74) is 17.3. The number of ether oxygens (including phenoxy) is 2. The highest BCUT2D eigenvalue weighted by Crippen LogP contribution is 2.52. The summed E-state index contributed by atoms with van der Waals surface area (Å²) < 4.78 is 14.9. The molecule has 4 heterocycles. The second kappa shape index (κ2) is 15.3. The summed E-state index contributed by atoms with van der Waals surface area (Å²) in [4.78, 5) is 7.23. The molecule has 0 spiro atoms. The van der Waals surface area contributed by atoms with Crippen LogP contribution in [0.4, 0.5) is 34.1 Å². The van der Waals surface area contributed by atoms with Gasteiger partial charge in [-0.2, -0.15) is 23.2 Å². The number of anilines is 6. The van der Waals surface area contributed by atoms with E-state index >= 15 is 0 Å². The second-order valence-electron chi connectivity index (χ2n) is 17.3. The summed E-state index contributed by atoms with van der Waals surface area (Å²) in [5, 5.41) is 0. The number of nitrogens with zero attached hydrogens (tertiary/aromatic N) is 2. The third-order valence-corrected chi connectivity index (χ3v) is 15.8. The first-order valence-corrected chi connectivity index (χ1v) is 24.1. The van der Waals surface area contributed by atoms with Crippen molar-refractivity contribution in [3.05, 3.63) is 206 Å². The van der Waals surface area contributed by atoms with Crippen LogP contribution in [0, 0.1) is 0 Å². The van der Waals surface area contributed by atoms with E-state index in [1.54, 1.807) is 0 Å². The molecule has 0 aromatic heterocycles. The zero-order valence-electron chi connectivity index (χ0n) is 35.8. The summed E-state index contributed by atoms with van der Waals surface area (Å²) in [6.45, 7) is 4.56. The maximum Gasteiger partial charge on any atom is 0.289 e. The molecule has 0 amide bonds. The average Bonchev–Trinajstić information content (AvgIpc) is 3.35. The van der Waals surface area contributed by atoms with Gasteiger partial charge in [-0.3, -0.25) is 0 Å². The van der Waals surface area contributed by atoms with E-state index in [0.29, 0.717) is 0 Å². The number of para-hydroxylation sites is 4. The molecule has 0 fully saturated rings. The van der Waals surface area contributed by atoms with Gasteiger partial charge in [-0.25, -0.2) is 0 Å². The van der Waals surface area contributed by atoms with Gasteiger partial charge in [-0.05, 0) is 123 Å². The topological polar surface area (TPSA) is 24.9 Å². The van der Waals surface area contributed by atoms with Crippen LogP contribution in [0.15, 0.2) is 210 Å². The number of fused-ring (bicyclic) bond motifs is 8. The van der Waals surface area contributed by atoms with Crippen molar-refractivity contribution in [3.8, 4) is 45.3 Å². The zero-order chi connectivity index (χ0) is 43.2. The number of benzene rings is 9. The van der Waals surface area contributed by atoms with Gasteiger partial charge in [0.15, 0.2) is 0 Å². The Morgan fingerprint density at radius 3 is 1.11 bits per heavy atom. The molecule has 0 aliphatic carbocycles. The SMILES string of the molecule is CC(C)c1c2c(cc3c1Oc1cc(N(c4ccccc4)c4ccccc4)cc4c1B3Sc1ccccc1-4)B1Sc3ccccc3-c3cc(N(c4ccccc4)c4ccccc4)cc(c31)O2. The minimum atomic E-state index is 0.0202. The molecular formula is C57H40B2N2O2S2. The Labute approximate surface area is 388 Å². The van der Waals surface area contributed by atoms with Crippen LogP contribution >= 0.6 is 23.2 Å².